The van der Waals surface area contributed by atoms with E-state index in [-0.39, 0.29) is 0 Å². The zero-order valence-electron chi connectivity index (χ0n) is 8.92. The third-order valence-electron chi connectivity index (χ3n) is 2.81. The summed E-state index contributed by atoms with van der Waals surface area (Å²) in [5.74, 6) is 0.534. The SMILES string of the molecule is CC[C@H](OC)[C@H](C)C1=CCCC=C1. The normalized spacial score (nSPS) is 21.0. The highest BCUT2D eigenvalue weighted by atomic mass is 16.5. The molecular formula is C12H20O. The van der Waals surface area contributed by atoms with Gasteiger partial charge in [0.05, 0.1) is 6.10 Å². The zero-order chi connectivity index (χ0) is 9.68. The van der Waals surface area contributed by atoms with Crippen LogP contribution in [-0.4, -0.2) is 13.2 Å². The molecule has 2 atom stereocenters. The van der Waals surface area contributed by atoms with Crippen molar-refractivity contribution in [1.29, 1.82) is 0 Å². The van der Waals surface area contributed by atoms with Crippen molar-refractivity contribution in [3.05, 3.63) is 23.8 Å². The highest BCUT2D eigenvalue weighted by Gasteiger charge is 2.17. The molecule has 0 bridgehead atoms. The van der Waals surface area contributed by atoms with Crippen LogP contribution in [0.1, 0.15) is 33.1 Å². The van der Waals surface area contributed by atoms with E-state index in [1.54, 1.807) is 7.11 Å². The number of allylic oxidation sites excluding steroid dienone is 3. The van der Waals surface area contributed by atoms with E-state index in [0.29, 0.717) is 12.0 Å². The van der Waals surface area contributed by atoms with Crippen molar-refractivity contribution in [2.24, 2.45) is 5.92 Å². The van der Waals surface area contributed by atoms with E-state index in [4.69, 9.17) is 4.74 Å². The molecule has 0 aliphatic heterocycles. The Labute approximate surface area is 81.5 Å². The minimum Gasteiger partial charge on any atom is -0.381 e. The van der Waals surface area contributed by atoms with Crippen LogP contribution in [0.25, 0.3) is 0 Å². The second-order valence-corrected chi connectivity index (χ2v) is 3.65. The summed E-state index contributed by atoms with van der Waals surface area (Å²) in [7, 11) is 1.80. The lowest BCUT2D eigenvalue weighted by molar-refractivity contribution is 0.0686. The molecule has 1 aliphatic carbocycles. The van der Waals surface area contributed by atoms with Crippen molar-refractivity contribution in [3.8, 4) is 0 Å². The largest absolute Gasteiger partial charge is 0.381 e. The Kier molecular flexibility index (Phi) is 4.23. The lowest BCUT2D eigenvalue weighted by Gasteiger charge is -2.23. The number of hydrogen-bond donors (Lipinski definition) is 0. The average Bonchev–Trinajstić information content (AvgIpc) is 2.21. The van der Waals surface area contributed by atoms with Gasteiger partial charge in [0, 0.05) is 13.0 Å². The molecule has 1 rings (SSSR count). The van der Waals surface area contributed by atoms with Gasteiger partial charge >= 0.3 is 0 Å². The first-order valence-electron chi connectivity index (χ1n) is 5.19. The third kappa shape index (κ3) is 2.70. The van der Waals surface area contributed by atoms with Gasteiger partial charge in [-0.15, -0.1) is 0 Å². The maximum absolute atomic E-state index is 5.44. The van der Waals surface area contributed by atoms with Crippen LogP contribution in [0.3, 0.4) is 0 Å². The summed E-state index contributed by atoms with van der Waals surface area (Å²) in [6.07, 6.45) is 10.7. The molecule has 0 fully saturated rings. The van der Waals surface area contributed by atoms with Gasteiger partial charge in [0.2, 0.25) is 0 Å². The van der Waals surface area contributed by atoms with E-state index in [2.05, 4.69) is 32.1 Å². The molecule has 0 heterocycles. The second kappa shape index (κ2) is 5.23. The van der Waals surface area contributed by atoms with Crippen LogP contribution in [0.4, 0.5) is 0 Å². The average molecular weight is 180 g/mol. The van der Waals surface area contributed by atoms with Gasteiger partial charge in [-0.3, -0.25) is 0 Å². The summed E-state index contributed by atoms with van der Waals surface area (Å²) in [5.41, 5.74) is 1.44. The Morgan fingerprint density at radius 1 is 1.46 bits per heavy atom. The first-order chi connectivity index (χ1) is 6.29. The van der Waals surface area contributed by atoms with Crippen molar-refractivity contribution >= 4 is 0 Å². The molecule has 13 heavy (non-hydrogen) atoms. The van der Waals surface area contributed by atoms with Crippen molar-refractivity contribution in [2.75, 3.05) is 7.11 Å². The summed E-state index contributed by atoms with van der Waals surface area (Å²) >= 11 is 0. The molecular weight excluding hydrogens is 160 g/mol. The monoisotopic (exact) mass is 180 g/mol. The first-order valence-corrected chi connectivity index (χ1v) is 5.19. The van der Waals surface area contributed by atoms with Crippen LogP contribution in [0, 0.1) is 5.92 Å². The standard InChI is InChI=1S/C12H20O/c1-4-12(13-3)10(2)11-8-6-5-7-9-11/h6,8-10,12H,4-5,7H2,1-3H3/t10-,12+/m1/s1. The highest BCUT2D eigenvalue weighted by Crippen LogP contribution is 2.23. The number of rotatable bonds is 4. The molecule has 0 amide bonds. The lowest BCUT2D eigenvalue weighted by atomic mass is 9.90. The minimum absolute atomic E-state index is 0.369. The minimum atomic E-state index is 0.369. The summed E-state index contributed by atoms with van der Waals surface area (Å²) in [6, 6.07) is 0. The second-order valence-electron chi connectivity index (χ2n) is 3.65. The molecule has 1 aliphatic rings. The van der Waals surface area contributed by atoms with E-state index < -0.39 is 0 Å². The smallest absolute Gasteiger partial charge is 0.0634 e. The Morgan fingerprint density at radius 2 is 2.23 bits per heavy atom. The molecule has 0 radical (unpaired) electrons. The fraction of sp³-hybridized carbons (Fsp3) is 0.667. The number of ether oxygens (including phenoxy) is 1. The predicted octanol–water partition coefficient (Wildman–Crippen LogP) is 3.32. The third-order valence-corrected chi connectivity index (χ3v) is 2.81. The maximum Gasteiger partial charge on any atom is 0.0634 e. The molecule has 1 nitrogen and oxygen atoms in total. The number of hydrogen-bond acceptors (Lipinski definition) is 1. The van der Waals surface area contributed by atoms with Gasteiger partial charge in [-0.05, 0) is 24.8 Å². The molecule has 74 valence electrons. The van der Waals surface area contributed by atoms with Gasteiger partial charge in [0.1, 0.15) is 0 Å². The van der Waals surface area contributed by atoms with Crippen molar-refractivity contribution < 1.29 is 4.74 Å². The Balaban J connectivity index is 2.59. The summed E-state index contributed by atoms with van der Waals surface area (Å²) < 4.78 is 5.44. The van der Waals surface area contributed by atoms with Crippen LogP contribution in [0.15, 0.2) is 23.8 Å². The van der Waals surface area contributed by atoms with Gasteiger partial charge in [0.15, 0.2) is 0 Å². The van der Waals surface area contributed by atoms with Gasteiger partial charge < -0.3 is 4.74 Å². The Hall–Kier alpha value is -0.560. The van der Waals surface area contributed by atoms with Crippen molar-refractivity contribution in [2.45, 2.75) is 39.2 Å². The van der Waals surface area contributed by atoms with Crippen LogP contribution < -0.4 is 0 Å². The van der Waals surface area contributed by atoms with Gasteiger partial charge in [-0.1, -0.05) is 32.1 Å². The maximum atomic E-state index is 5.44. The van der Waals surface area contributed by atoms with E-state index in [0.717, 1.165) is 6.42 Å². The van der Waals surface area contributed by atoms with E-state index in [1.807, 2.05) is 0 Å². The summed E-state index contributed by atoms with van der Waals surface area (Å²) in [5, 5.41) is 0. The zero-order valence-corrected chi connectivity index (χ0v) is 8.92. The molecule has 0 aromatic rings. The number of methoxy groups -OCH3 is 1. The molecule has 0 aromatic carbocycles. The fourth-order valence-corrected chi connectivity index (χ4v) is 1.91. The van der Waals surface area contributed by atoms with E-state index in [1.165, 1.54) is 18.4 Å². The summed E-state index contributed by atoms with van der Waals surface area (Å²) in [6.45, 7) is 4.43. The molecule has 0 saturated heterocycles. The van der Waals surface area contributed by atoms with Crippen molar-refractivity contribution in [1.82, 2.24) is 0 Å². The molecule has 0 N–H and O–H groups in total. The molecule has 1 heteroatoms. The van der Waals surface area contributed by atoms with Crippen LogP contribution in [0.5, 0.6) is 0 Å². The van der Waals surface area contributed by atoms with Gasteiger partial charge in [-0.2, -0.15) is 0 Å². The highest BCUT2D eigenvalue weighted by molar-refractivity contribution is 5.25. The van der Waals surface area contributed by atoms with Crippen LogP contribution in [0.2, 0.25) is 0 Å². The lowest BCUT2D eigenvalue weighted by Crippen LogP contribution is -2.21. The molecule has 0 saturated carbocycles. The van der Waals surface area contributed by atoms with E-state index >= 15 is 0 Å². The Morgan fingerprint density at radius 3 is 2.69 bits per heavy atom. The van der Waals surface area contributed by atoms with E-state index in [9.17, 15) is 0 Å². The summed E-state index contributed by atoms with van der Waals surface area (Å²) in [4.78, 5) is 0. The molecule has 0 aromatic heterocycles. The Bertz CT molecular complexity index is 199. The first kappa shape index (κ1) is 10.5. The van der Waals surface area contributed by atoms with Crippen LogP contribution in [-0.2, 0) is 4.74 Å². The predicted molar refractivity (Wildman–Crippen MR) is 56.7 cm³/mol. The van der Waals surface area contributed by atoms with Gasteiger partial charge in [0.25, 0.3) is 0 Å². The van der Waals surface area contributed by atoms with Crippen LogP contribution >= 0.6 is 0 Å². The molecule has 0 spiro atoms. The fourth-order valence-electron chi connectivity index (χ4n) is 1.91. The quantitative estimate of drug-likeness (QED) is 0.645. The topological polar surface area (TPSA) is 9.23 Å². The molecule has 0 unspecified atom stereocenters. The van der Waals surface area contributed by atoms with Crippen molar-refractivity contribution in [3.63, 3.8) is 0 Å². The van der Waals surface area contributed by atoms with Gasteiger partial charge in [-0.25, -0.2) is 0 Å².